The fraction of sp³-hybridized carbons (Fsp3) is 0.333. The first-order chi connectivity index (χ1) is 13.6. The number of rotatable bonds is 7. The van der Waals surface area contributed by atoms with Gasteiger partial charge in [-0.05, 0) is 61.4 Å². The van der Waals surface area contributed by atoms with Gasteiger partial charge in [-0.15, -0.1) is 0 Å². The lowest BCUT2D eigenvalue weighted by Crippen LogP contribution is -2.33. The lowest BCUT2D eigenvalue weighted by Gasteiger charge is -2.12. The summed E-state index contributed by atoms with van der Waals surface area (Å²) < 4.78 is 5.51. The minimum atomic E-state index is -0.331. The lowest BCUT2D eigenvalue weighted by atomic mass is 10.1. The van der Waals surface area contributed by atoms with Gasteiger partial charge < -0.3 is 20.7 Å². The number of anilines is 1. The van der Waals surface area contributed by atoms with Crippen LogP contribution >= 0.6 is 11.6 Å². The number of benzene rings is 2. The first-order valence-corrected chi connectivity index (χ1v) is 9.82. The summed E-state index contributed by atoms with van der Waals surface area (Å²) >= 11 is 5.81. The molecule has 1 aliphatic rings. The highest BCUT2D eigenvalue weighted by Crippen LogP contribution is 2.18. The third-order valence-corrected chi connectivity index (χ3v) is 4.82. The van der Waals surface area contributed by atoms with Crippen molar-refractivity contribution >= 4 is 29.2 Å². The van der Waals surface area contributed by atoms with Crippen LogP contribution in [0.15, 0.2) is 48.5 Å². The molecule has 0 bridgehead atoms. The van der Waals surface area contributed by atoms with Gasteiger partial charge in [0.1, 0.15) is 12.4 Å². The molecule has 0 aromatic heterocycles. The SMILES string of the molecule is O=C(NCCOc1ccc(Cl)cc1)Nc1ccc(C(=O)NC2CCCC2)cc1. The molecule has 2 aromatic carbocycles. The number of ether oxygens (including phenoxy) is 1. The van der Waals surface area contributed by atoms with Gasteiger partial charge in [0.2, 0.25) is 0 Å². The van der Waals surface area contributed by atoms with Crippen molar-refractivity contribution in [3.63, 3.8) is 0 Å². The molecule has 6 nitrogen and oxygen atoms in total. The van der Waals surface area contributed by atoms with Crippen molar-refractivity contribution in [1.29, 1.82) is 0 Å². The summed E-state index contributed by atoms with van der Waals surface area (Å²) in [7, 11) is 0. The standard InChI is InChI=1S/C21H24ClN3O3/c22-16-7-11-19(12-8-16)28-14-13-23-21(27)25-18-9-5-15(6-10-18)20(26)24-17-3-1-2-4-17/h5-12,17H,1-4,13-14H2,(H,24,26)(H2,23,25,27). The molecule has 1 aliphatic carbocycles. The third kappa shape index (κ3) is 6.16. The van der Waals surface area contributed by atoms with Gasteiger partial charge in [0.05, 0.1) is 6.54 Å². The summed E-state index contributed by atoms with van der Waals surface area (Å²) in [6.45, 7) is 0.700. The summed E-state index contributed by atoms with van der Waals surface area (Å²) in [6, 6.07) is 13.8. The smallest absolute Gasteiger partial charge is 0.319 e. The Labute approximate surface area is 169 Å². The summed E-state index contributed by atoms with van der Waals surface area (Å²) in [5.74, 6) is 0.625. The van der Waals surface area contributed by atoms with E-state index in [2.05, 4.69) is 16.0 Å². The molecule has 1 saturated carbocycles. The minimum Gasteiger partial charge on any atom is -0.492 e. The highest BCUT2D eigenvalue weighted by Gasteiger charge is 2.17. The van der Waals surface area contributed by atoms with Crippen LogP contribution in [0.25, 0.3) is 0 Å². The van der Waals surface area contributed by atoms with Gasteiger partial charge in [0, 0.05) is 22.3 Å². The molecule has 3 amide bonds. The van der Waals surface area contributed by atoms with Gasteiger partial charge in [-0.3, -0.25) is 4.79 Å². The zero-order chi connectivity index (χ0) is 19.8. The number of hydrogen-bond donors (Lipinski definition) is 3. The predicted molar refractivity (Wildman–Crippen MR) is 110 cm³/mol. The van der Waals surface area contributed by atoms with Gasteiger partial charge in [0.25, 0.3) is 5.91 Å². The topological polar surface area (TPSA) is 79.5 Å². The number of nitrogens with one attached hydrogen (secondary N) is 3. The highest BCUT2D eigenvalue weighted by molar-refractivity contribution is 6.30. The molecule has 0 saturated heterocycles. The van der Waals surface area contributed by atoms with Crippen LogP contribution in [0.4, 0.5) is 10.5 Å². The normalized spacial score (nSPS) is 13.8. The van der Waals surface area contributed by atoms with E-state index in [1.165, 1.54) is 12.8 Å². The summed E-state index contributed by atoms with van der Waals surface area (Å²) in [4.78, 5) is 24.2. The Hall–Kier alpha value is -2.73. The Bertz CT molecular complexity index is 788. The maximum absolute atomic E-state index is 12.2. The van der Waals surface area contributed by atoms with Crippen molar-refractivity contribution in [3.8, 4) is 5.75 Å². The molecule has 0 atom stereocenters. The molecule has 0 spiro atoms. The third-order valence-electron chi connectivity index (χ3n) is 4.57. The maximum Gasteiger partial charge on any atom is 0.319 e. The second-order valence-corrected chi connectivity index (χ2v) is 7.15. The minimum absolute atomic E-state index is 0.0674. The molecule has 0 radical (unpaired) electrons. The highest BCUT2D eigenvalue weighted by atomic mass is 35.5. The Morgan fingerprint density at radius 2 is 1.68 bits per heavy atom. The fourth-order valence-electron chi connectivity index (χ4n) is 3.08. The molecule has 3 rings (SSSR count). The van der Waals surface area contributed by atoms with E-state index in [0.717, 1.165) is 12.8 Å². The Morgan fingerprint density at radius 1 is 1.00 bits per heavy atom. The van der Waals surface area contributed by atoms with Crippen LogP contribution in [0.5, 0.6) is 5.75 Å². The number of halogens is 1. The van der Waals surface area contributed by atoms with Crippen LogP contribution in [-0.4, -0.2) is 31.1 Å². The van der Waals surface area contributed by atoms with Crippen LogP contribution < -0.4 is 20.7 Å². The molecular weight excluding hydrogens is 378 g/mol. The molecule has 0 unspecified atom stereocenters. The number of amides is 3. The van der Waals surface area contributed by atoms with E-state index in [4.69, 9.17) is 16.3 Å². The largest absolute Gasteiger partial charge is 0.492 e. The van der Waals surface area contributed by atoms with Crippen LogP contribution in [0.3, 0.4) is 0 Å². The molecule has 7 heteroatoms. The van der Waals surface area contributed by atoms with Gasteiger partial charge >= 0.3 is 6.03 Å². The Morgan fingerprint density at radius 3 is 2.36 bits per heavy atom. The molecule has 0 heterocycles. The average Bonchev–Trinajstić information content (AvgIpc) is 3.20. The molecule has 1 fully saturated rings. The molecule has 148 valence electrons. The van der Waals surface area contributed by atoms with Crippen molar-refractivity contribution in [3.05, 3.63) is 59.1 Å². The maximum atomic E-state index is 12.2. The summed E-state index contributed by atoms with van der Waals surface area (Å²) in [5, 5.41) is 9.14. The van der Waals surface area contributed by atoms with E-state index >= 15 is 0 Å². The first-order valence-electron chi connectivity index (χ1n) is 9.44. The van der Waals surface area contributed by atoms with E-state index in [1.807, 2.05) is 0 Å². The monoisotopic (exact) mass is 401 g/mol. The molecule has 3 N–H and O–H groups in total. The van der Waals surface area contributed by atoms with E-state index in [1.54, 1.807) is 48.5 Å². The second kappa shape index (κ2) is 9.99. The number of hydrogen-bond acceptors (Lipinski definition) is 3. The van der Waals surface area contributed by atoms with Crippen molar-refractivity contribution in [2.45, 2.75) is 31.7 Å². The summed E-state index contributed by atoms with van der Waals surface area (Å²) in [5.41, 5.74) is 1.21. The molecule has 0 aliphatic heterocycles. The molecule has 2 aromatic rings. The predicted octanol–water partition coefficient (Wildman–Crippen LogP) is 4.21. The molecular formula is C21H24ClN3O3. The van der Waals surface area contributed by atoms with Crippen molar-refractivity contribution in [2.75, 3.05) is 18.5 Å². The quantitative estimate of drug-likeness (QED) is 0.608. The van der Waals surface area contributed by atoms with Gasteiger partial charge in [-0.2, -0.15) is 0 Å². The van der Waals surface area contributed by atoms with E-state index in [-0.39, 0.29) is 18.0 Å². The van der Waals surface area contributed by atoms with Gasteiger partial charge in [-0.1, -0.05) is 24.4 Å². The van der Waals surface area contributed by atoms with Gasteiger partial charge in [0.15, 0.2) is 0 Å². The van der Waals surface area contributed by atoms with Crippen LogP contribution in [0.2, 0.25) is 5.02 Å². The number of urea groups is 1. The Balaban J connectivity index is 1.37. The van der Waals surface area contributed by atoms with Crippen molar-refractivity contribution in [1.82, 2.24) is 10.6 Å². The van der Waals surface area contributed by atoms with E-state index in [0.29, 0.717) is 35.2 Å². The first kappa shape index (κ1) is 20.0. The van der Waals surface area contributed by atoms with Crippen LogP contribution in [0, 0.1) is 0 Å². The fourth-order valence-corrected chi connectivity index (χ4v) is 3.21. The van der Waals surface area contributed by atoms with E-state index in [9.17, 15) is 9.59 Å². The zero-order valence-corrected chi connectivity index (χ0v) is 16.3. The average molecular weight is 402 g/mol. The van der Waals surface area contributed by atoms with Gasteiger partial charge in [-0.25, -0.2) is 4.79 Å². The second-order valence-electron chi connectivity index (χ2n) is 6.72. The number of carbonyl (C=O) groups excluding carboxylic acids is 2. The number of carbonyl (C=O) groups is 2. The van der Waals surface area contributed by atoms with Crippen molar-refractivity contribution in [2.24, 2.45) is 0 Å². The zero-order valence-electron chi connectivity index (χ0n) is 15.5. The van der Waals surface area contributed by atoms with Crippen LogP contribution in [-0.2, 0) is 0 Å². The molecule has 28 heavy (non-hydrogen) atoms. The van der Waals surface area contributed by atoms with Crippen LogP contribution in [0.1, 0.15) is 36.0 Å². The lowest BCUT2D eigenvalue weighted by molar-refractivity contribution is 0.0938. The van der Waals surface area contributed by atoms with E-state index < -0.39 is 0 Å². The van der Waals surface area contributed by atoms with Crippen molar-refractivity contribution < 1.29 is 14.3 Å². The summed E-state index contributed by atoms with van der Waals surface area (Å²) in [6.07, 6.45) is 4.45. The Kier molecular flexibility index (Phi) is 7.14.